The van der Waals surface area contributed by atoms with Gasteiger partial charge in [-0.3, -0.25) is 9.58 Å². The van der Waals surface area contributed by atoms with E-state index in [1.165, 1.54) is 22.3 Å². The predicted molar refractivity (Wildman–Crippen MR) is 171 cm³/mol. The first kappa shape index (κ1) is 26.1. The van der Waals surface area contributed by atoms with Gasteiger partial charge in [-0.1, -0.05) is 60.2 Å². The fourth-order valence-corrected chi connectivity index (χ4v) is 6.83. The second kappa shape index (κ2) is 10.6. The molecule has 3 heterocycles. The van der Waals surface area contributed by atoms with Gasteiger partial charge in [-0.15, -0.1) is 0 Å². The molecule has 2 unspecified atom stereocenters. The number of anilines is 2. The molecule has 7 nitrogen and oxygen atoms in total. The highest BCUT2D eigenvalue weighted by molar-refractivity contribution is 5.94. The van der Waals surface area contributed by atoms with Crippen LogP contribution in [0.2, 0.25) is 0 Å². The van der Waals surface area contributed by atoms with Crippen LogP contribution in [0, 0.1) is 24.7 Å². The Hall–Kier alpha value is -4.59. The van der Waals surface area contributed by atoms with E-state index in [0.29, 0.717) is 24.4 Å². The third kappa shape index (κ3) is 5.05. The molecule has 2 N–H and O–H groups in total. The number of fused-ring (bicyclic) bond motifs is 3. The topological polar surface area (TPSA) is 79.1 Å². The van der Waals surface area contributed by atoms with Crippen molar-refractivity contribution in [2.45, 2.75) is 20.0 Å². The molecule has 6 aromatic rings. The van der Waals surface area contributed by atoms with Gasteiger partial charge in [0.25, 0.3) is 0 Å². The third-order valence-corrected chi connectivity index (χ3v) is 9.34. The van der Waals surface area contributed by atoms with Crippen LogP contribution in [0.5, 0.6) is 0 Å². The molecule has 2 aromatic heterocycles. The van der Waals surface area contributed by atoms with Crippen molar-refractivity contribution in [2.24, 2.45) is 17.8 Å². The number of hydrogen-bond donors (Lipinski definition) is 2. The standard InChI is InChI=1S/C36H34N6O/c1-23-2-4-25(5-3-23)18-42-35-13-11-29(14-28(35)16-39-42)40-36-30-15-27(10-12-34(30)37-22-38-36)26-8-6-24(7-9-26)17-41-19-31-32(20-41)33(31)21-43/h2-16,22,31-33,43H,17-21H2,1H3,(H,37,38,40). The van der Waals surface area contributed by atoms with Gasteiger partial charge in [-0.2, -0.15) is 5.10 Å². The molecule has 2 atom stereocenters. The Labute approximate surface area is 250 Å². The van der Waals surface area contributed by atoms with Crippen molar-refractivity contribution in [1.29, 1.82) is 0 Å². The third-order valence-electron chi connectivity index (χ3n) is 9.34. The number of aromatic nitrogens is 4. The molecule has 1 aliphatic carbocycles. The van der Waals surface area contributed by atoms with Crippen molar-refractivity contribution in [1.82, 2.24) is 24.6 Å². The zero-order chi connectivity index (χ0) is 28.9. The Balaban J connectivity index is 1.00. The minimum absolute atomic E-state index is 0.349. The first-order chi connectivity index (χ1) is 21.1. The summed E-state index contributed by atoms with van der Waals surface area (Å²) in [6, 6.07) is 30.2. The fourth-order valence-electron chi connectivity index (χ4n) is 6.83. The SMILES string of the molecule is Cc1ccc(Cn2ncc3cc(Nc4ncnc5ccc(-c6ccc(CN7CC8C(CO)C8C7)cc6)cc45)ccc32)cc1. The van der Waals surface area contributed by atoms with Crippen LogP contribution in [0.4, 0.5) is 11.5 Å². The molecule has 214 valence electrons. The van der Waals surface area contributed by atoms with E-state index in [2.05, 4.69) is 117 Å². The minimum Gasteiger partial charge on any atom is -0.396 e. The lowest BCUT2D eigenvalue weighted by atomic mass is 10.0. The molecule has 4 aromatic carbocycles. The molecule has 1 saturated carbocycles. The van der Waals surface area contributed by atoms with Crippen molar-refractivity contribution < 1.29 is 5.11 Å². The average molecular weight is 567 g/mol. The number of aliphatic hydroxyl groups excluding tert-OH is 1. The number of likely N-dealkylation sites (tertiary alicyclic amines) is 1. The number of benzene rings is 4. The normalized spacial score (nSPS) is 19.6. The Morgan fingerprint density at radius 1 is 0.814 bits per heavy atom. The van der Waals surface area contributed by atoms with Crippen LogP contribution in [0.25, 0.3) is 32.9 Å². The van der Waals surface area contributed by atoms with Crippen molar-refractivity contribution in [3.05, 3.63) is 114 Å². The summed E-state index contributed by atoms with van der Waals surface area (Å²) < 4.78 is 2.04. The maximum absolute atomic E-state index is 9.44. The van der Waals surface area contributed by atoms with Gasteiger partial charge in [-0.25, -0.2) is 9.97 Å². The summed E-state index contributed by atoms with van der Waals surface area (Å²) >= 11 is 0. The molecule has 0 amide bonds. The van der Waals surface area contributed by atoms with E-state index in [9.17, 15) is 5.11 Å². The van der Waals surface area contributed by atoms with E-state index in [1.54, 1.807) is 6.33 Å². The molecule has 43 heavy (non-hydrogen) atoms. The monoisotopic (exact) mass is 566 g/mol. The molecule has 2 aliphatic rings. The van der Waals surface area contributed by atoms with Crippen LogP contribution in [-0.4, -0.2) is 49.5 Å². The van der Waals surface area contributed by atoms with E-state index < -0.39 is 0 Å². The molecule has 0 radical (unpaired) electrons. The van der Waals surface area contributed by atoms with Gasteiger partial charge >= 0.3 is 0 Å². The van der Waals surface area contributed by atoms with E-state index in [4.69, 9.17) is 0 Å². The van der Waals surface area contributed by atoms with Crippen LogP contribution in [0.3, 0.4) is 0 Å². The largest absolute Gasteiger partial charge is 0.396 e. The molecule has 0 spiro atoms. The number of nitrogens with one attached hydrogen (secondary N) is 1. The van der Waals surface area contributed by atoms with Gasteiger partial charge in [-0.05, 0) is 77.3 Å². The number of rotatable bonds is 8. The summed E-state index contributed by atoms with van der Waals surface area (Å²) in [7, 11) is 0. The lowest BCUT2D eigenvalue weighted by molar-refractivity contribution is 0.217. The zero-order valence-electron chi connectivity index (χ0n) is 24.2. The van der Waals surface area contributed by atoms with Crippen LogP contribution >= 0.6 is 0 Å². The molecule has 2 fully saturated rings. The second-order valence-electron chi connectivity index (χ2n) is 12.2. The maximum atomic E-state index is 9.44. The molecule has 7 heteroatoms. The first-order valence-electron chi connectivity index (χ1n) is 15.1. The van der Waals surface area contributed by atoms with Crippen molar-refractivity contribution in [3.8, 4) is 11.1 Å². The fraction of sp³-hybridized carbons (Fsp3) is 0.250. The average Bonchev–Trinajstić information content (AvgIpc) is 3.30. The van der Waals surface area contributed by atoms with Gasteiger partial charge in [0.1, 0.15) is 12.1 Å². The Morgan fingerprint density at radius 2 is 1.56 bits per heavy atom. The van der Waals surface area contributed by atoms with Gasteiger partial charge in [0.05, 0.1) is 23.8 Å². The Kier molecular flexibility index (Phi) is 6.42. The number of aryl methyl sites for hydroxylation is 1. The summed E-state index contributed by atoms with van der Waals surface area (Å²) in [6.07, 6.45) is 3.54. The number of aliphatic hydroxyl groups is 1. The number of nitrogens with zero attached hydrogens (tertiary/aromatic N) is 5. The molecule has 0 bridgehead atoms. The molecular weight excluding hydrogens is 532 g/mol. The van der Waals surface area contributed by atoms with Crippen LogP contribution in [0.15, 0.2) is 97.5 Å². The second-order valence-corrected chi connectivity index (χ2v) is 12.2. The summed E-state index contributed by atoms with van der Waals surface area (Å²) in [6.45, 7) is 6.39. The summed E-state index contributed by atoms with van der Waals surface area (Å²) in [5.74, 6) is 2.74. The highest BCUT2D eigenvalue weighted by atomic mass is 16.3. The molecule has 1 aliphatic heterocycles. The highest BCUT2D eigenvalue weighted by Crippen LogP contribution is 2.51. The quantitative estimate of drug-likeness (QED) is 0.221. The summed E-state index contributed by atoms with van der Waals surface area (Å²) in [5.41, 5.74) is 9.09. The van der Waals surface area contributed by atoms with Crippen molar-refractivity contribution >= 4 is 33.3 Å². The number of piperidine rings is 1. The maximum Gasteiger partial charge on any atom is 0.141 e. The van der Waals surface area contributed by atoms with Crippen LogP contribution in [-0.2, 0) is 13.1 Å². The zero-order valence-corrected chi connectivity index (χ0v) is 24.2. The van der Waals surface area contributed by atoms with Gasteiger partial charge < -0.3 is 10.4 Å². The predicted octanol–water partition coefficient (Wildman–Crippen LogP) is 6.42. The van der Waals surface area contributed by atoms with Gasteiger partial charge in [0.15, 0.2) is 0 Å². The van der Waals surface area contributed by atoms with Crippen LogP contribution < -0.4 is 5.32 Å². The van der Waals surface area contributed by atoms with Gasteiger partial charge in [0, 0.05) is 42.7 Å². The highest BCUT2D eigenvalue weighted by Gasteiger charge is 2.54. The van der Waals surface area contributed by atoms with Crippen LogP contribution in [0.1, 0.15) is 16.7 Å². The lowest BCUT2D eigenvalue weighted by Crippen LogP contribution is -2.24. The number of hydrogen-bond acceptors (Lipinski definition) is 6. The van der Waals surface area contributed by atoms with Gasteiger partial charge in [0.2, 0.25) is 0 Å². The Bertz CT molecular complexity index is 1920. The first-order valence-corrected chi connectivity index (χ1v) is 15.1. The van der Waals surface area contributed by atoms with E-state index in [0.717, 1.165) is 65.1 Å². The van der Waals surface area contributed by atoms with Crippen molar-refractivity contribution in [2.75, 3.05) is 25.0 Å². The Morgan fingerprint density at radius 3 is 2.35 bits per heavy atom. The smallest absolute Gasteiger partial charge is 0.141 e. The van der Waals surface area contributed by atoms with Crippen molar-refractivity contribution in [3.63, 3.8) is 0 Å². The lowest BCUT2D eigenvalue weighted by Gasteiger charge is -2.19. The molecule has 8 rings (SSSR count). The minimum atomic E-state index is 0.349. The van der Waals surface area contributed by atoms with E-state index in [1.807, 2.05) is 10.9 Å². The molecular formula is C36H34N6O. The summed E-state index contributed by atoms with van der Waals surface area (Å²) in [4.78, 5) is 11.7. The molecule has 1 saturated heterocycles. The van der Waals surface area contributed by atoms with E-state index >= 15 is 0 Å². The van der Waals surface area contributed by atoms with E-state index in [-0.39, 0.29) is 0 Å². The summed E-state index contributed by atoms with van der Waals surface area (Å²) in [5, 5.41) is 19.7.